The van der Waals surface area contributed by atoms with Crippen molar-refractivity contribution in [1.29, 1.82) is 0 Å². The number of carbonyl (C=O) groups excluding carboxylic acids is 1. The summed E-state index contributed by atoms with van der Waals surface area (Å²) in [7, 11) is 2.14. The number of nitrogens with zero attached hydrogens (tertiary/aromatic N) is 1. The van der Waals surface area contributed by atoms with E-state index in [1.165, 1.54) is 24.0 Å². The van der Waals surface area contributed by atoms with Crippen LogP contribution in [-0.2, 0) is 10.2 Å². The fourth-order valence-corrected chi connectivity index (χ4v) is 4.09. The van der Waals surface area contributed by atoms with Crippen molar-refractivity contribution in [3.63, 3.8) is 0 Å². The van der Waals surface area contributed by atoms with Crippen LogP contribution in [0.1, 0.15) is 51.0 Å². The normalized spacial score (nSPS) is 22.5. The molecule has 3 rings (SSSR count). The molecule has 3 heteroatoms. The summed E-state index contributed by atoms with van der Waals surface area (Å²) in [6.45, 7) is 4.08. The highest BCUT2D eigenvalue weighted by Gasteiger charge is 2.42. The van der Waals surface area contributed by atoms with Crippen molar-refractivity contribution < 1.29 is 4.79 Å². The van der Waals surface area contributed by atoms with E-state index in [-0.39, 0.29) is 17.4 Å². The third kappa shape index (κ3) is 3.56. The lowest BCUT2D eigenvalue weighted by molar-refractivity contribution is -0.129. The highest BCUT2D eigenvalue weighted by atomic mass is 16.2. The second kappa shape index (κ2) is 7.52. The summed E-state index contributed by atoms with van der Waals surface area (Å²) < 4.78 is 0. The number of hydrogen-bond acceptors (Lipinski definition) is 2. The van der Waals surface area contributed by atoms with Crippen molar-refractivity contribution in [3.05, 3.63) is 47.5 Å². The molecule has 1 aliphatic carbocycles. The van der Waals surface area contributed by atoms with Gasteiger partial charge in [-0.25, -0.2) is 0 Å². The van der Waals surface area contributed by atoms with Crippen molar-refractivity contribution in [2.45, 2.75) is 56.9 Å². The molecule has 1 aliphatic heterocycles. The minimum absolute atomic E-state index is 0.151. The molecule has 0 saturated carbocycles. The molecule has 1 atom stereocenters. The molecule has 1 aromatic rings. The van der Waals surface area contributed by atoms with Gasteiger partial charge in [-0.2, -0.15) is 0 Å². The number of rotatable bonds is 4. The molecule has 1 fully saturated rings. The second-order valence-corrected chi connectivity index (χ2v) is 7.47. The van der Waals surface area contributed by atoms with Gasteiger partial charge in [0.2, 0.25) is 5.91 Å². The van der Waals surface area contributed by atoms with E-state index in [1.807, 2.05) is 6.07 Å². The van der Waals surface area contributed by atoms with E-state index in [1.54, 1.807) is 0 Å². The van der Waals surface area contributed by atoms with Crippen LogP contribution in [0.2, 0.25) is 0 Å². The van der Waals surface area contributed by atoms with Crippen molar-refractivity contribution in [1.82, 2.24) is 10.2 Å². The number of hydrogen-bond donors (Lipinski definition) is 1. The SMILES string of the molecule is C[C@@H](NC(=O)C1(c2ccccc2)CCN(C)CC1)C1=CCCCC1. The summed E-state index contributed by atoms with van der Waals surface area (Å²) in [5.74, 6) is 0.209. The van der Waals surface area contributed by atoms with Gasteiger partial charge < -0.3 is 10.2 Å². The monoisotopic (exact) mass is 326 g/mol. The Labute approximate surface area is 146 Å². The molecule has 1 aromatic carbocycles. The molecule has 0 radical (unpaired) electrons. The van der Waals surface area contributed by atoms with Crippen molar-refractivity contribution in [3.8, 4) is 0 Å². The maximum absolute atomic E-state index is 13.3. The van der Waals surface area contributed by atoms with Gasteiger partial charge >= 0.3 is 0 Å². The second-order valence-electron chi connectivity index (χ2n) is 7.47. The Morgan fingerprint density at radius 1 is 1.17 bits per heavy atom. The van der Waals surface area contributed by atoms with Crippen LogP contribution in [0, 0.1) is 0 Å². The lowest BCUT2D eigenvalue weighted by atomic mass is 9.71. The van der Waals surface area contributed by atoms with E-state index >= 15 is 0 Å². The first-order valence-corrected chi connectivity index (χ1v) is 9.36. The zero-order chi connectivity index (χ0) is 17.0. The number of allylic oxidation sites excluding steroid dienone is 1. The zero-order valence-corrected chi connectivity index (χ0v) is 15.1. The molecule has 130 valence electrons. The van der Waals surface area contributed by atoms with Crippen LogP contribution in [0.5, 0.6) is 0 Å². The van der Waals surface area contributed by atoms with Gasteiger partial charge in [-0.1, -0.05) is 42.0 Å². The van der Waals surface area contributed by atoms with Gasteiger partial charge in [0.15, 0.2) is 0 Å². The van der Waals surface area contributed by atoms with E-state index in [2.05, 4.69) is 54.5 Å². The lowest BCUT2D eigenvalue weighted by Gasteiger charge is -2.40. The van der Waals surface area contributed by atoms with Crippen LogP contribution in [0.15, 0.2) is 42.0 Å². The van der Waals surface area contributed by atoms with Gasteiger partial charge in [0.25, 0.3) is 0 Å². The van der Waals surface area contributed by atoms with E-state index in [0.717, 1.165) is 38.8 Å². The quantitative estimate of drug-likeness (QED) is 0.857. The van der Waals surface area contributed by atoms with E-state index in [4.69, 9.17) is 0 Å². The Kier molecular flexibility index (Phi) is 5.40. The zero-order valence-electron chi connectivity index (χ0n) is 15.1. The van der Waals surface area contributed by atoms with Crippen molar-refractivity contribution in [2.24, 2.45) is 0 Å². The predicted octanol–water partition coefficient (Wildman–Crippen LogP) is 3.66. The maximum atomic E-state index is 13.3. The highest BCUT2D eigenvalue weighted by molar-refractivity contribution is 5.89. The first kappa shape index (κ1) is 17.2. The van der Waals surface area contributed by atoms with Crippen molar-refractivity contribution >= 4 is 5.91 Å². The van der Waals surface area contributed by atoms with Crippen LogP contribution in [0.25, 0.3) is 0 Å². The Hall–Kier alpha value is -1.61. The number of carbonyl (C=O) groups is 1. The van der Waals surface area contributed by atoms with Crippen LogP contribution in [0.3, 0.4) is 0 Å². The molecular formula is C21H30N2O. The Morgan fingerprint density at radius 2 is 1.88 bits per heavy atom. The summed E-state index contributed by atoms with van der Waals surface area (Å²) in [4.78, 5) is 15.6. The third-order valence-electron chi connectivity index (χ3n) is 5.83. The Bertz CT molecular complexity index is 585. The van der Waals surface area contributed by atoms with E-state index in [0.29, 0.717) is 0 Å². The minimum atomic E-state index is -0.378. The summed E-state index contributed by atoms with van der Waals surface area (Å²) in [5.41, 5.74) is 2.20. The number of piperidine rings is 1. The average Bonchev–Trinajstić information content (AvgIpc) is 2.64. The molecule has 1 heterocycles. The number of likely N-dealkylation sites (tertiary alicyclic amines) is 1. The first-order valence-electron chi connectivity index (χ1n) is 9.36. The van der Waals surface area contributed by atoms with Crippen LogP contribution in [0.4, 0.5) is 0 Å². The van der Waals surface area contributed by atoms with Gasteiger partial charge in [-0.3, -0.25) is 4.79 Å². The van der Waals surface area contributed by atoms with Crippen molar-refractivity contribution in [2.75, 3.05) is 20.1 Å². The fourth-order valence-electron chi connectivity index (χ4n) is 4.09. The average molecular weight is 326 g/mol. The molecule has 1 saturated heterocycles. The van der Waals surface area contributed by atoms with Crippen LogP contribution in [-0.4, -0.2) is 37.0 Å². The number of amides is 1. The van der Waals surface area contributed by atoms with E-state index in [9.17, 15) is 4.79 Å². The molecule has 0 unspecified atom stereocenters. The number of nitrogens with one attached hydrogen (secondary N) is 1. The van der Waals surface area contributed by atoms with E-state index < -0.39 is 0 Å². The largest absolute Gasteiger partial charge is 0.349 e. The molecule has 1 amide bonds. The van der Waals surface area contributed by atoms with Gasteiger partial charge in [0, 0.05) is 6.04 Å². The lowest BCUT2D eigenvalue weighted by Crippen LogP contribution is -2.53. The molecule has 2 aliphatic rings. The smallest absolute Gasteiger partial charge is 0.231 e. The van der Waals surface area contributed by atoms with Gasteiger partial charge in [-0.05, 0) is 71.1 Å². The molecule has 0 bridgehead atoms. The predicted molar refractivity (Wildman–Crippen MR) is 99.0 cm³/mol. The maximum Gasteiger partial charge on any atom is 0.231 e. The van der Waals surface area contributed by atoms with Crippen LogP contribution < -0.4 is 5.32 Å². The van der Waals surface area contributed by atoms with Gasteiger partial charge in [-0.15, -0.1) is 0 Å². The fraction of sp³-hybridized carbons (Fsp3) is 0.571. The third-order valence-corrected chi connectivity index (χ3v) is 5.83. The topological polar surface area (TPSA) is 32.3 Å². The summed E-state index contributed by atoms with van der Waals surface area (Å²) in [6.07, 6.45) is 8.94. The Morgan fingerprint density at radius 3 is 2.50 bits per heavy atom. The molecule has 3 nitrogen and oxygen atoms in total. The van der Waals surface area contributed by atoms with Crippen LogP contribution >= 0.6 is 0 Å². The van der Waals surface area contributed by atoms with Gasteiger partial charge in [0.1, 0.15) is 0 Å². The number of benzene rings is 1. The molecule has 1 N–H and O–H groups in total. The summed E-state index contributed by atoms with van der Waals surface area (Å²) >= 11 is 0. The highest BCUT2D eigenvalue weighted by Crippen LogP contribution is 2.36. The minimum Gasteiger partial charge on any atom is -0.349 e. The molecule has 24 heavy (non-hydrogen) atoms. The Balaban J connectivity index is 1.80. The first-order chi connectivity index (χ1) is 11.6. The molecule has 0 spiro atoms. The standard InChI is InChI=1S/C21H30N2O/c1-17(18-9-5-3-6-10-18)22-20(24)21(13-15-23(2)16-14-21)19-11-7-4-8-12-19/h4,7-9,11-12,17H,3,5-6,10,13-16H2,1-2H3,(H,22,24)/t17-/m1/s1. The molecular weight excluding hydrogens is 296 g/mol. The summed E-state index contributed by atoms with van der Waals surface area (Å²) in [5, 5.41) is 3.35. The van der Waals surface area contributed by atoms with Gasteiger partial charge in [0.05, 0.1) is 5.41 Å². The molecule has 0 aromatic heterocycles. The summed E-state index contributed by atoms with van der Waals surface area (Å²) in [6, 6.07) is 10.5.